The van der Waals surface area contributed by atoms with Gasteiger partial charge in [-0.25, -0.2) is 0 Å². The molecule has 1 fully saturated rings. The molecule has 0 amide bonds. The molecule has 1 aliphatic rings. The van der Waals surface area contributed by atoms with Crippen LogP contribution in [0.4, 0.5) is 0 Å². The fraction of sp³-hybridized carbons (Fsp3) is 1.00. The zero-order chi connectivity index (χ0) is 7.23. The van der Waals surface area contributed by atoms with Crippen molar-refractivity contribution in [2.45, 2.75) is 58.3 Å². The summed E-state index contributed by atoms with van der Waals surface area (Å²) in [5.74, 6) is 1.12. The van der Waals surface area contributed by atoms with Gasteiger partial charge in [0.15, 0.2) is 0 Å². The summed E-state index contributed by atoms with van der Waals surface area (Å²) in [7, 11) is 0. The lowest BCUT2D eigenvalue weighted by atomic mass is 10.0. The highest BCUT2D eigenvalue weighted by Crippen LogP contribution is 2.28. The molecule has 0 bridgehead atoms. The molecule has 0 heteroatoms. The van der Waals surface area contributed by atoms with Gasteiger partial charge in [-0.3, -0.25) is 0 Å². The van der Waals surface area contributed by atoms with Gasteiger partial charge in [-0.15, -0.1) is 0 Å². The molecule has 0 heterocycles. The van der Waals surface area contributed by atoms with E-state index in [1.165, 1.54) is 51.4 Å². The fourth-order valence-corrected chi connectivity index (χ4v) is 1.98. The molecule has 0 aromatic heterocycles. The van der Waals surface area contributed by atoms with Gasteiger partial charge in [0, 0.05) is 0 Å². The standard InChI is InChI=1S/C10H20/c1-2-3-4-7-10-8-5-6-9-10/h10H,2-9H2,1H3. The Kier molecular flexibility index (Phi) is 3.86. The summed E-state index contributed by atoms with van der Waals surface area (Å²) in [6, 6.07) is 0. The van der Waals surface area contributed by atoms with Crippen molar-refractivity contribution in [3.8, 4) is 0 Å². The molecule has 0 aromatic carbocycles. The normalized spacial score (nSPS) is 20.1. The Morgan fingerprint density at radius 1 is 1.10 bits per heavy atom. The van der Waals surface area contributed by atoms with E-state index in [9.17, 15) is 0 Å². The summed E-state index contributed by atoms with van der Waals surface area (Å²) in [5, 5.41) is 0. The van der Waals surface area contributed by atoms with Gasteiger partial charge in [0.25, 0.3) is 0 Å². The molecule has 0 aliphatic heterocycles. The molecule has 0 aromatic rings. The van der Waals surface area contributed by atoms with Crippen molar-refractivity contribution in [3.63, 3.8) is 0 Å². The molecular formula is C10H20. The Bertz CT molecular complexity index is 70.1. The first kappa shape index (κ1) is 8.10. The molecule has 1 saturated carbocycles. The highest BCUT2D eigenvalue weighted by atomic mass is 14.2. The van der Waals surface area contributed by atoms with Crippen molar-refractivity contribution in [2.75, 3.05) is 0 Å². The van der Waals surface area contributed by atoms with Gasteiger partial charge < -0.3 is 0 Å². The molecule has 0 saturated heterocycles. The zero-order valence-corrected chi connectivity index (χ0v) is 7.23. The monoisotopic (exact) mass is 140 g/mol. The predicted molar refractivity (Wildman–Crippen MR) is 46.1 cm³/mol. The Morgan fingerprint density at radius 2 is 1.80 bits per heavy atom. The first-order valence-corrected chi connectivity index (χ1v) is 4.93. The Balaban J connectivity index is 1.91. The average Bonchev–Trinajstić information content (AvgIpc) is 2.41. The van der Waals surface area contributed by atoms with Gasteiger partial charge in [0.05, 0.1) is 0 Å². The third-order valence-corrected chi connectivity index (χ3v) is 2.69. The van der Waals surface area contributed by atoms with Crippen molar-refractivity contribution in [2.24, 2.45) is 5.92 Å². The van der Waals surface area contributed by atoms with Crippen LogP contribution in [-0.4, -0.2) is 0 Å². The lowest BCUT2D eigenvalue weighted by molar-refractivity contribution is 0.471. The largest absolute Gasteiger partial charge is 0.0654 e. The molecule has 1 rings (SSSR count). The van der Waals surface area contributed by atoms with Crippen LogP contribution in [0.25, 0.3) is 0 Å². The van der Waals surface area contributed by atoms with Crippen LogP contribution in [0, 0.1) is 5.92 Å². The molecular weight excluding hydrogens is 120 g/mol. The van der Waals surface area contributed by atoms with Gasteiger partial charge >= 0.3 is 0 Å². The SMILES string of the molecule is CCCCCC1CCCC1. The van der Waals surface area contributed by atoms with Crippen LogP contribution in [0.5, 0.6) is 0 Å². The second-order valence-corrected chi connectivity index (χ2v) is 3.65. The Hall–Kier alpha value is 0. The summed E-state index contributed by atoms with van der Waals surface area (Å²) in [6.07, 6.45) is 11.9. The average molecular weight is 140 g/mol. The topological polar surface area (TPSA) is 0 Å². The van der Waals surface area contributed by atoms with Crippen LogP contribution in [0.2, 0.25) is 0 Å². The quantitative estimate of drug-likeness (QED) is 0.522. The van der Waals surface area contributed by atoms with E-state index in [0.717, 1.165) is 5.92 Å². The van der Waals surface area contributed by atoms with E-state index in [2.05, 4.69) is 6.92 Å². The van der Waals surface area contributed by atoms with Crippen molar-refractivity contribution in [1.29, 1.82) is 0 Å². The zero-order valence-electron chi connectivity index (χ0n) is 7.23. The third-order valence-electron chi connectivity index (χ3n) is 2.69. The summed E-state index contributed by atoms with van der Waals surface area (Å²) in [6.45, 7) is 2.29. The van der Waals surface area contributed by atoms with Crippen molar-refractivity contribution in [3.05, 3.63) is 0 Å². The van der Waals surface area contributed by atoms with Crippen LogP contribution >= 0.6 is 0 Å². The summed E-state index contributed by atoms with van der Waals surface area (Å²) < 4.78 is 0. The van der Waals surface area contributed by atoms with Gasteiger partial charge in [0.2, 0.25) is 0 Å². The molecule has 0 atom stereocenters. The van der Waals surface area contributed by atoms with Gasteiger partial charge in [-0.2, -0.15) is 0 Å². The van der Waals surface area contributed by atoms with E-state index in [1.807, 2.05) is 0 Å². The Morgan fingerprint density at radius 3 is 2.40 bits per heavy atom. The maximum Gasteiger partial charge on any atom is -0.0414 e. The van der Waals surface area contributed by atoms with Crippen LogP contribution < -0.4 is 0 Å². The van der Waals surface area contributed by atoms with Crippen molar-refractivity contribution >= 4 is 0 Å². The number of hydrogen-bond acceptors (Lipinski definition) is 0. The van der Waals surface area contributed by atoms with Gasteiger partial charge in [0.1, 0.15) is 0 Å². The van der Waals surface area contributed by atoms with Crippen LogP contribution in [0.1, 0.15) is 58.3 Å². The number of rotatable bonds is 4. The van der Waals surface area contributed by atoms with Crippen LogP contribution in [0.3, 0.4) is 0 Å². The molecule has 0 spiro atoms. The predicted octanol–water partition coefficient (Wildman–Crippen LogP) is 3.76. The van der Waals surface area contributed by atoms with Crippen molar-refractivity contribution < 1.29 is 0 Å². The van der Waals surface area contributed by atoms with Crippen LogP contribution in [-0.2, 0) is 0 Å². The minimum Gasteiger partial charge on any atom is -0.0654 e. The van der Waals surface area contributed by atoms with E-state index >= 15 is 0 Å². The number of unbranched alkanes of at least 4 members (excludes halogenated alkanes) is 2. The van der Waals surface area contributed by atoms with Crippen molar-refractivity contribution in [1.82, 2.24) is 0 Å². The lowest BCUT2D eigenvalue weighted by Gasteiger charge is -2.06. The Labute approximate surface area is 65.0 Å². The van der Waals surface area contributed by atoms with E-state index in [0.29, 0.717) is 0 Å². The first-order chi connectivity index (χ1) is 4.93. The van der Waals surface area contributed by atoms with E-state index in [-0.39, 0.29) is 0 Å². The number of hydrogen-bond donors (Lipinski definition) is 0. The van der Waals surface area contributed by atoms with E-state index in [4.69, 9.17) is 0 Å². The molecule has 0 radical (unpaired) electrons. The minimum absolute atomic E-state index is 1.12. The highest BCUT2D eigenvalue weighted by Gasteiger charge is 2.13. The lowest BCUT2D eigenvalue weighted by Crippen LogP contribution is -1.91. The highest BCUT2D eigenvalue weighted by molar-refractivity contribution is 4.66. The van der Waals surface area contributed by atoms with Gasteiger partial charge in [-0.1, -0.05) is 58.3 Å². The molecule has 1 aliphatic carbocycles. The molecule has 0 unspecified atom stereocenters. The van der Waals surface area contributed by atoms with E-state index in [1.54, 1.807) is 0 Å². The molecule has 0 nitrogen and oxygen atoms in total. The minimum atomic E-state index is 1.12. The molecule has 10 heavy (non-hydrogen) atoms. The summed E-state index contributed by atoms with van der Waals surface area (Å²) in [4.78, 5) is 0. The summed E-state index contributed by atoms with van der Waals surface area (Å²) >= 11 is 0. The molecule has 60 valence electrons. The van der Waals surface area contributed by atoms with Gasteiger partial charge in [-0.05, 0) is 5.92 Å². The maximum atomic E-state index is 2.29. The first-order valence-electron chi connectivity index (χ1n) is 4.93. The maximum absolute atomic E-state index is 2.29. The van der Waals surface area contributed by atoms with Crippen LogP contribution in [0.15, 0.2) is 0 Å². The summed E-state index contributed by atoms with van der Waals surface area (Å²) in [5.41, 5.74) is 0. The third kappa shape index (κ3) is 2.72. The fourth-order valence-electron chi connectivity index (χ4n) is 1.98. The molecule has 0 N–H and O–H groups in total. The second-order valence-electron chi connectivity index (χ2n) is 3.65. The second kappa shape index (κ2) is 4.76. The smallest absolute Gasteiger partial charge is 0.0414 e. The van der Waals surface area contributed by atoms with E-state index < -0.39 is 0 Å².